The molecule has 0 saturated carbocycles. The largest absolute Gasteiger partial charge is 1.00 e. The molecule has 0 unspecified atom stereocenters. The molecule has 0 saturated heterocycles. The van der Waals surface area contributed by atoms with E-state index in [4.69, 9.17) is 0 Å². The quantitative estimate of drug-likeness (QED) is 0.0487. The molecule has 0 aromatic carbocycles. The normalized spacial score (nSPS) is 11.7. The summed E-state index contributed by atoms with van der Waals surface area (Å²) in [6.45, 7) is 7.39. The summed E-state index contributed by atoms with van der Waals surface area (Å²) in [6, 6.07) is 0. The second-order valence-corrected chi connectivity index (χ2v) is 14.7. The fourth-order valence-electron chi connectivity index (χ4n) is 6.64. The lowest BCUT2D eigenvalue weighted by Crippen LogP contribution is -3.00. The van der Waals surface area contributed by atoms with Crippen LogP contribution in [0.2, 0.25) is 0 Å². The molecule has 0 radical (unpaired) electrons. The minimum atomic E-state index is 0. The summed E-state index contributed by atoms with van der Waals surface area (Å²) in [5.74, 6) is 0. The zero-order chi connectivity index (χ0) is 30.0. The Morgan fingerprint density at radius 3 is 0.548 bits per heavy atom. The molecule has 0 aliphatic heterocycles. The van der Waals surface area contributed by atoms with Crippen molar-refractivity contribution in [2.75, 3.05) is 27.2 Å². The molecule has 1 nitrogen and oxygen atoms in total. The van der Waals surface area contributed by atoms with Crippen LogP contribution in [-0.2, 0) is 0 Å². The van der Waals surface area contributed by atoms with Crippen LogP contribution in [-0.4, -0.2) is 31.7 Å². The van der Waals surface area contributed by atoms with E-state index < -0.39 is 0 Å². The molecule has 0 aromatic heterocycles. The summed E-state index contributed by atoms with van der Waals surface area (Å²) >= 11 is 0. The van der Waals surface area contributed by atoms with Crippen molar-refractivity contribution in [2.24, 2.45) is 0 Å². The van der Waals surface area contributed by atoms with Gasteiger partial charge in [0.05, 0.1) is 27.2 Å². The highest BCUT2D eigenvalue weighted by molar-refractivity contribution is 4.52. The van der Waals surface area contributed by atoms with E-state index in [0.717, 1.165) is 0 Å². The molecule has 0 aromatic rings. The predicted molar refractivity (Wildman–Crippen MR) is 190 cm³/mol. The Morgan fingerprint density at radius 1 is 0.238 bits per heavy atom. The van der Waals surface area contributed by atoms with E-state index in [-0.39, 0.29) is 12.4 Å². The highest BCUT2D eigenvalue weighted by Gasteiger charge is 2.13. The molecule has 42 heavy (non-hydrogen) atoms. The van der Waals surface area contributed by atoms with E-state index in [1.54, 1.807) is 0 Å². The van der Waals surface area contributed by atoms with Crippen molar-refractivity contribution >= 4 is 0 Å². The standard InChI is InChI=1S/C40H84N.ClH/c1-5-7-9-11-13-15-17-19-21-23-24-26-28-30-32-34-36-38-40-41(3,4)39-37-35-33-31-29-27-25-22-20-18-16-14-12-10-8-6-2;/h5-40H2,1-4H3;1H/q+1;/p-1. The van der Waals surface area contributed by atoms with Gasteiger partial charge in [0.1, 0.15) is 0 Å². The Balaban J connectivity index is 0. The third-order valence-electron chi connectivity index (χ3n) is 9.73. The van der Waals surface area contributed by atoms with Gasteiger partial charge in [0.25, 0.3) is 0 Å². The van der Waals surface area contributed by atoms with Crippen molar-refractivity contribution in [1.29, 1.82) is 0 Å². The second kappa shape index (κ2) is 37.4. The maximum Gasteiger partial charge on any atom is 0.0782 e. The Hall–Kier alpha value is 0.250. The Morgan fingerprint density at radius 2 is 0.381 bits per heavy atom. The first-order valence-corrected chi connectivity index (χ1v) is 19.9. The third-order valence-corrected chi connectivity index (χ3v) is 9.73. The molecule has 256 valence electrons. The molecule has 0 N–H and O–H groups in total. The first-order valence-electron chi connectivity index (χ1n) is 19.9. The topological polar surface area (TPSA) is 0 Å². The van der Waals surface area contributed by atoms with Crippen molar-refractivity contribution in [3.8, 4) is 0 Å². The molecule has 0 spiro atoms. The molecule has 0 atom stereocenters. The molecule has 0 aliphatic rings. The van der Waals surface area contributed by atoms with Gasteiger partial charge >= 0.3 is 0 Å². The number of quaternary nitrogens is 1. The van der Waals surface area contributed by atoms with Gasteiger partial charge in [0, 0.05) is 0 Å². The summed E-state index contributed by atoms with van der Waals surface area (Å²) in [5, 5.41) is 0. The monoisotopic (exact) mass is 614 g/mol. The van der Waals surface area contributed by atoms with Gasteiger partial charge in [-0.1, -0.05) is 206 Å². The molecule has 0 amide bonds. The number of unbranched alkanes of at least 4 members (excludes halogenated alkanes) is 32. The van der Waals surface area contributed by atoms with Gasteiger partial charge in [-0.25, -0.2) is 0 Å². The zero-order valence-electron chi connectivity index (χ0n) is 30.3. The van der Waals surface area contributed by atoms with Gasteiger partial charge < -0.3 is 16.9 Å². The molecule has 0 aliphatic carbocycles. The molecule has 0 bridgehead atoms. The van der Waals surface area contributed by atoms with E-state index in [1.165, 1.54) is 236 Å². The van der Waals surface area contributed by atoms with Crippen LogP contribution in [0.4, 0.5) is 0 Å². The van der Waals surface area contributed by atoms with Crippen molar-refractivity contribution in [3.63, 3.8) is 0 Å². The van der Waals surface area contributed by atoms with Gasteiger partial charge in [0.15, 0.2) is 0 Å². The van der Waals surface area contributed by atoms with E-state index in [1.807, 2.05) is 0 Å². The predicted octanol–water partition coefficient (Wildman–Crippen LogP) is 11.4. The summed E-state index contributed by atoms with van der Waals surface area (Å²) in [5.41, 5.74) is 0. The van der Waals surface area contributed by atoms with Crippen LogP contribution in [0.5, 0.6) is 0 Å². The first-order chi connectivity index (χ1) is 20.1. The Labute approximate surface area is 275 Å². The number of hydrogen-bond acceptors (Lipinski definition) is 0. The lowest BCUT2D eigenvalue weighted by Gasteiger charge is -2.30. The van der Waals surface area contributed by atoms with Crippen molar-refractivity contribution in [1.82, 2.24) is 0 Å². The van der Waals surface area contributed by atoms with Crippen LogP contribution in [0.25, 0.3) is 0 Å². The van der Waals surface area contributed by atoms with Gasteiger partial charge in [-0.2, -0.15) is 0 Å². The Bertz CT molecular complexity index is 463. The molecule has 0 heterocycles. The number of rotatable bonds is 36. The molecule has 0 rings (SSSR count). The SMILES string of the molecule is CCCCCCCCCCCCCCCCCCCC[N+](C)(C)CCCCCCCCCCCCCCCCCC.[Cl-]. The summed E-state index contributed by atoms with van der Waals surface area (Å²) in [4.78, 5) is 0. The van der Waals surface area contributed by atoms with Crippen molar-refractivity contribution in [2.45, 2.75) is 232 Å². The fraction of sp³-hybridized carbons (Fsp3) is 1.00. The zero-order valence-corrected chi connectivity index (χ0v) is 31.0. The lowest BCUT2D eigenvalue weighted by atomic mass is 10.0. The highest BCUT2D eigenvalue weighted by atomic mass is 35.5. The highest BCUT2D eigenvalue weighted by Crippen LogP contribution is 2.16. The molecule has 0 fully saturated rings. The van der Waals surface area contributed by atoms with Crippen LogP contribution in [0.1, 0.15) is 232 Å². The Kier molecular flexibility index (Phi) is 39.6. The maximum atomic E-state index is 2.47. The van der Waals surface area contributed by atoms with Crippen LogP contribution < -0.4 is 12.4 Å². The summed E-state index contributed by atoms with van der Waals surface area (Å²) < 4.78 is 1.25. The summed E-state index contributed by atoms with van der Waals surface area (Å²) in [6.07, 6.45) is 49.9. The maximum absolute atomic E-state index is 2.47. The minimum absolute atomic E-state index is 0. The van der Waals surface area contributed by atoms with Gasteiger partial charge in [-0.15, -0.1) is 0 Å². The van der Waals surface area contributed by atoms with Crippen LogP contribution in [0, 0.1) is 0 Å². The van der Waals surface area contributed by atoms with Crippen LogP contribution in [0.3, 0.4) is 0 Å². The number of halogens is 1. The molecular formula is C40H84ClN. The summed E-state index contributed by atoms with van der Waals surface area (Å²) in [7, 11) is 4.94. The smallest absolute Gasteiger partial charge is 0.0782 e. The average molecular weight is 615 g/mol. The molecular weight excluding hydrogens is 530 g/mol. The number of nitrogens with zero attached hydrogens (tertiary/aromatic N) is 1. The minimum Gasteiger partial charge on any atom is -1.00 e. The third kappa shape index (κ3) is 38.3. The van der Waals surface area contributed by atoms with E-state index >= 15 is 0 Å². The average Bonchev–Trinajstić information content (AvgIpc) is 2.96. The van der Waals surface area contributed by atoms with Crippen LogP contribution >= 0.6 is 0 Å². The van der Waals surface area contributed by atoms with E-state index in [2.05, 4.69) is 27.9 Å². The number of hydrogen-bond donors (Lipinski definition) is 0. The van der Waals surface area contributed by atoms with Gasteiger partial charge in [-0.05, 0) is 25.7 Å². The molecule has 2 heteroatoms. The first kappa shape index (κ1) is 44.4. The lowest BCUT2D eigenvalue weighted by molar-refractivity contribution is -0.890. The fourth-order valence-corrected chi connectivity index (χ4v) is 6.64. The van der Waals surface area contributed by atoms with Crippen molar-refractivity contribution in [3.05, 3.63) is 0 Å². The van der Waals surface area contributed by atoms with E-state index in [0.29, 0.717) is 0 Å². The van der Waals surface area contributed by atoms with E-state index in [9.17, 15) is 0 Å². The van der Waals surface area contributed by atoms with Gasteiger partial charge in [0.2, 0.25) is 0 Å². The van der Waals surface area contributed by atoms with Crippen molar-refractivity contribution < 1.29 is 16.9 Å². The van der Waals surface area contributed by atoms with Crippen LogP contribution in [0.15, 0.2) is 0 Å². The van der Waals surface area contributed by atoms with Gasteiger partial charge in [-0.3, -0.25) is 0 Å². The second-order valence-electron chi connectivity index (χ2n) is 14.7.